The van der Waals surface area contributed by atoms with E-state index in [1.807, 2.05) is 18.2 Å². The van der Waals surface area contributed by atoms with Crippen molar-refractivity contribution in [2.24, 2.45) is 0 Å². The van der Waals surface area contributed by atoms with Gasteiger partial charge in [-0.1, -0.05) is 13.0 Å². The zero-order valence-electron chi connectivity index (χ0n) is 21.1. The fraction of sp³-hybridized carbons (Fsp3) is 0.346. The highest BCUT2D eigenvalue weighted by molar-refractivity contribution is 5.94. The van der Waals surface area contributed by atoms with Gasteiger partial charge in [-0.15, -0.1) is 0 Å². The van der Waals surface area contributed by atoms with Gasteiger partial charge in [-0.3, -0.25) is 4.79 Å². The van der Waals surface area contributed by atoms with Crippen LogP contribution in [0.15, 0.2) is 49.1 Å². The van der Waals surface area contributed by atoms with Crippen LogP contribution in [-0.4, -0.2) is 62.0 Å². The lowest BCUT2D eigenvalue weighted by atomic mass is 9.98. The zero-order valence-corrected chi connectivity index (χ0v) is 21.1. The maximum Gasteiger partial charge on any atom is 0.251 e. The summed E-state index contributed by atoms with van der Waals surface area (Å²) in [6, 6.07) is 9.32. The summed E-state index contributed by atoms with van der Waals surface area (Å²) in [6.45, 7) is 6.51. The number of nitrogens with one attached hydrogen (secondary N) is 2. The van der Waals surface area contributed by atoms with Crippen LogP contribution in [-0.2, 0) is 6.54 Å². The number of methoxy groups -OCH3 is 1. The van der Waals surface area contributed by atoms with E-state index in [9.17, 15) is 9.90 Å². The van der Waals surface area contributed by atoms with Crippen LogP contribution in [0, 0.1) is 0 Å². The Morgan fingerprint density at radius 2 is 1.97 bits per heavy atom. The van der Waals surface area contributed by atoms with Crippen molar-refractivity contribution in [1.29, 1.82) is 0 Å². The number of hydrogen-bond acceptors (Lipinski definition) is 8. The van der Waals surface area contributed by atoms with Gasteiger partial charge in [-0.25, -0.2) is 19.6 Å². The molecule has 0 unspecified atom stereocenters. The second kappa shape index (κ2) is 10.3. The first-order valence-electron chi connectivity index (χ1n) is 11.7. The third-order valence-corrected chi connectivity index (χ3v) is 5.82. The second-order valence-corrected chi connectivity index (χ2v) is 9.36. The van der Waals surface area contributed by atoms with Gasteiger partial charge < -0.3 is 20.5 Å². The molecule has 0 radical (unpaired) electrons. The lowest BCUT2D eigenvalue weighted by Gasteiger charge is -2.18. The molecule has 0 aliphatic rings. The molecule has 188 valence electrons. The summed E-state index contributed by atoms with van der Waals surface area (Å²) in [5.74, 6) is 1.29. The van der Waals surface area contributed by atoms with Gasteiger partial charge in [0.05, 0.1) is 31.1 Å². The van der Waals surface area contributed by atoms with Crippen molar-refractivity contribution in [3.63, 3.8) is 0 Å². The smallest absolute Gasteiger partial charge is 0.251 e. The molecule has 0 saturated heterocycles. The van der Waals surface area contributed by atoms with Crippen molar-refractivity contribution >= 4 is 22.8 Å². The van der Waals surface area contributed by atoms with Gasteiger partial charge >= 0.3 is 0 Å². The number of anilines is 1. The molecular weight excluding hydrogens is 458 g/mol. The van der Waals surface area contributed by atoms with Crippen molar-refractivity contribution in [2.75, 3.05) is 26.0 Å². The van der Waals surface area contributed by atoms with Gasteiger partial charge in [-0.2, -0.15) is 5.10 Å². The van der Waals surface area contributed by atoms with E-state index in [2.05, 4.69) is 37.6 Å². The van der Waals surface area contributed by atoms with Crippen LogP contribution in [0.4, 0.5) is 5.82 Å². The van der Waals surface area contributed by atoms with Crippen molar-refractivity contribution in [3.8, 4) is 17.0 Å². The largest absolute Gasteiger partial charge is 0.496 e. The van der Waals surface area contributed by atoms with E-state index < -0.39 is 5.60 Å². The van der Waals surface area contributed by atoms with Gasteiger partial charge in [0.15, 0.2) is 5.65 Å². The van der Waals surface area contributed by atoms with Gasteiger partial charge in [0, 0.05) is 48.3 Å². The molecule has 0 fully saturated rings. The number of rotatable bonds is 9. The maximum atomic E-state index is 11.9. The molecule has 10 nitrogen and oxygen atoms in total. The molecule has 0 spiro atoms. The maximum absolute atomic E-state index is 11.9. The Morgan fingerprint density at radius 1 is 1.17 bits per heavy atom. The summed E-state index contributed by atoms with van der Waals surface area (Å²) in [5, 5.41) is 21.3. The molecule has 0 saturated carbocycles. The molecule has 1 atom stereocenters. The third-order valence-electron chi connectivity index (χ3n) is 5.82. The van der Waals surface area contributed by atoms with E-state index >= 15 is 0 Å². The molecule has 1 aromatic carbocycles. The van der Waals surface area contributed by atoms with E-state index in [4.69, 9.17) is 4.74 Å². The lowest BCUT2D eigenvalue weighted by molar-refractivity contribution is 0.0589. The van der Waals surface area contributed by atoms with Crippen LogP contribution >= 0.6 is 0 Å². The van der Waals surface area contributed by atoms with Crippen LogP contribution < -0.4 is 15.4 Å². The number of aromatic nitrogens is 5. The SMILES string of the molecule is CNC(=O)c1ccc([C@H](C)CNc2cc(-c3cnc4c(cnn4CC(C)(C)O)c3)ncn2)c(OC)c1. The quantitative estimate of drug-likeness (QED) is 0.327. The van der Waals surface area contributed by atoms with Crippen LogP contribution in [0.3, 0.4) is 0 Å². The lowest BCUT2D eigenvalue weighted by Crippen LogP contribution is -2.26. The predicted molar refractivity (Wildman–Crippen MR) is 138 cm³/mol. The topological polar surface area (TPSA) is 127 Å². The number of benzene rings is 1. The number of amides is 1. The Hall–Kier alpha value is -4.05. The summed E-state index contributed by atoms with van der Waals surface area (Å²) in [4.78, 5) is 25.3. The molecule has 0 bridgehead atoms. The van der Waals surface area contributed by atoms with Gasteiger partial charge in [0.25, 0.3) is 5.91 Å². The molecule has 10 heteroatoms. The predicted octanol–water partition coefficient (Wildman–Crippen LogP) is 3.24. The number of aliphatic hydroxyl groups is 1. The molecule has 4 aromatic rings. The van der Waals surface area contributed by atoms with E-state index in [1.165, 1.54) is 6.33 Å². The molecule has 36 heavy (non-hydrogen) atoms. The minimum Gasteiger partial charge on any atom is -0.496 e. The molecule has 3 heterocycles. The summed E-state index contributed by atoms with van der Waals surface area (Å²) >= 11 is 0. The van der Waals surface area contributed by atoms with E-state index in [-0.39, 0.29) is 11.8 Å². The van der Waals surface area contributed by atoms with E-state index in [1.54, 1.807) is 57.2 Å². The Kier molecular flexibility index (Phi) is 7.16. The van der Waals surface area contributed by atoms with Crippen molar-refractivity contribution in [2.45, 2.75) is 38.8 Å². The number of nitrogens with zero attached hydrogens (tertiary/aromatic N) is 5. The van der Waals surface area contributed by atoms with Crippen LogP contribution in [0.25, 0.3) is 22.3 Å². The Balaban J connectivity index is 1.49. The fourth-order valence-corrected chi connectivity index (χ4v) is 3.98. The average Bonchev–Trinajstić information content (AvgIpc) is 3.26. The molecule has 4 rings (SSSR count). The Bertz CT molecular complexity index is 1380. The highest BCUT2D eigenvalue weighted by Gasteiger charge is 2.17. The van der Waals surface area contributed by atoms with Gasteiger partial charge in [-0.05, 0) is 37.6 Å². The third kappa shape index (κ3) is 5.60. The van der Waals surface area contributed by atoms with Crippen molar-refractivity contribution in [3.05, 3.63) is 60.2 Å². The number of ether oxygens (including phenoxy) is 1. The molecule has 3 aromatic heterocycles. The molecule has 0 aliphatic heterocycles. The Labute approximate surface area is 209 Å². The van der Waals surface area contributed by atoms with Gasteiger partial charge in [0.1, 0.15) is 17.9 Å². The number of carbonyl (C=O) groups is 1. The minimum absolute atomic E-state index is 0.0942. The zero-order chi connectivity index (χ0) is 25.9. The second-order valence-electron chi connectivity index (χ2n) is 9.36. The van der Waals surface area contributed by atoms with E-state index in [0.29, 0.717) is 35.9 Å². The monoisotopic (exact) mass is 489 g/mol. The number of fused-ring (bicyclic) bond motifs is 1. The first-order valence-corrected chi connectivity index (χ1v) is 11.7. The fourth-order valence-electron chi connectivity index (χ4n) is 3.98. The van der Waals surface area contributed by atoms with Crippen molar-refractivity contribution < 1.29 is 14.6 Å². The highest BCUT2D eigenvalue weighted by Crippen LogP contribution is 2.29. The molecular formula is C26H31N7O3. The van der Waals surface area contributed by atoms with Crippen LogP contribution in [0.1, 0.15) is 42.6 Å². The first kappa shape index (κ1) is 25.1. The summed E-state index contributed by atoms with van der Waals surface area (Å²) in [7, 11) is 3.20. The summed E-state index contributed by atoms with van der Waals surface area (Å²) in [6.07, 6.45) is 5.00. The van der Waals surface area contributed by atoms with E-state index in [0.717, 1.165) is 22.2 Å². The standard InChI is InChI=1S/C26H31N7O3/c1-16(20-7-6-17(25(34)27-4)9-22(20)36-5)11-28-23-10-21(30-15-31-23)18-8-19-13-32-33(14-26(2,3)35)24(19)29-12-18/h6-10,12-13,15-16,35H,11,14H2,1-5H3,(H,27,34)(H,28,30,31)/t16-/m1/s1. The molecule has 0 aliphatic carbocycles. The Morgan fingerprint density at radius 3 is 2.69 bits per heavy atom. The number of carbonyl (C=O) groups excluding carboxylic acids is 1. The van der Waals surface area contributed by atoms with Crippen molar-refractivity contribution in [1.82, 2.24) is 30.0 Å². The number of pyridine rings is 1. The summed E-state index contributed by atoms with van der Waals surface area (Å²) < 4.78 is 7.23. The number of hydrogen-bond donors (Lipinski definition) is 3. The minimum atomic E-state index is -0.889. The van der Waals surface area contributed by atoms with Crippen LogP contribution in [0.5, 0.6) is 5.75 Å². The normalized spacial score (nSPS) is 12.4. The highest BCUT2D eigenvalue weighted by atomic mass is 16.5. The van der Waals surface area contributed by atoms with Crippen LogP contribution in [0.2, 0.25) is 0 Å². The molecule has 3 N–H and O–H groups in total. The first-order chi connectivity index (χ1) is 17.2. The average molecular weight is 490 g/mol. The summed E-state index contributed by atoms with van der Waals surface area (Å²) in [5.41, 5.74) is 2.94. The van der Waals surface area contributed by atoms with Gasteiger partial charge in [0.2, 0.25) is 0 Å². The molecule has 1 amide bonds.